The molecule has 0 radical (unpaired) electrons. The number of hydrogen-bond acceptors (Lipinski definition) is 4. The van der Waals surface area contributed by atoms with E-state index in [1.807, 2.05) is 11.3 Å². The highest BCUT2D eigenvalue weighted by atomic mass is 35.5. The van der Waals surface area contributed by atoms with Gasteiger partial charge in [-0.2, -0.15) is 0 Å². The van der Waals surface area contributed by atoms with Gasteiger partial charge in [-0.3, -0.25) is 4.79 Å². The molecule has 0 aliphatic heterocycles. The van der Waals surface area contributed by atoms with Crippen LogP contribution in [-0.4, -0.2) is 39.3 Å². The number of halogens is 1. The van der Waals surface area contributed by atoms with Crippen LogP contribution in [0.15, 0.2) is 17.5 Å². The molecule has 0 saturated heterocycles. The van der Waals surface area contributed by atoms with Crippen molar-refractivity contribution >= 4 is 29.7 Å². The average Bonchev–Trinajstić information content (AvgIpc) is 3.05. The fourth-order valence-corrected chi connectivity index (χ4v) is 4.01. The first-order valence-electron chi connectivity index (χ1n) is 7.77. The number of carbonyl (C=O) groups excluding carboxylic acids is 1. The van der Waals surface area contributed by atoms with Gasteiger partial charge in [-0.1, -0.05) is 25.3 Å². The van der Waals surface area contributed by atoms with E-state index in [1.54, 1.807) is 7.11 Å². The highest BCUT2D eigenvalue weighted by molar-refractivity contribution is 7.10. The molecule has 1 amide bonds. The molecule has 22 heavy (non-hydrogen) atoms. The SMILES string of the molecule is COCCNCC(=O)NCC1(c2cccs2)CCCCC1.Cl. The van der Waals surface area contributed by atoms with Crippen molar-refractivity contribution in [2.45, 2.75) is 37.5 Å². The lowest BCUT2D eigenvalue weighted by Gasteiger charge is -2.36. The van der Waals surface area contributed by atoms with Gasteiger partial charge in [-0.15, -0.1) is 23.7 Å². The zero-order chi connectivity index (χ0) is 15.0. The smallest absolute Gasteiger partial charge is 0.233 e. The third-order valence-electron chi connectivity index (χ3n) is 4.25. The van der Waals surface area contributed by atoms with Crippen molar-refractivity contribution in [2.75, 3.05) is 33.4 Å². The quantitative estimate of drug-likeness (QED) is 0.711. The van der Waals surface area contributed by atoms with Crippen molar-refractivity contribution in [3.05, 3.63) is 22.4 Å². The number of ether oxygens (including phenoxy) is 1. The predicted octanol–water partition coefficient (Wildman–Crippen LogP) is 2.72. The van der Waals surface area contributed by atoms with Crippen LogP contribution in [0.1, 0.15) is 37.0 Å². The molecule has 2 rings (SSSR count). The molecule has 0 bridgehead atoms. The number of nitrogens with one attached hydrogen (secondary N) is 2. The maximum absolute atomic E-state index is 11.9. The third-order valence-corrected chi connectivity index (χ3v) is 5.36. The first kappa shape index (κ1) is 19.4. The van der Waals surface area contributed by atoms with Crippen molar-refractivity contribution in [3.63, 3.8) is 0 Å². The van der Waals surface area contributed by atoms with Gasteiger partial charge in [0.1, 0.15) is 0 Å². The first-order valence-corrected chi connectivity index (χ1v) is 8.65. The monoisotopic (exact) mass is 346 g/mol. The van der Waals surface area contributed by atoms with Crippen LogP contribution < -0.4 is 10.6 Å². The normalized spacial score (nSPS) is 16.8. The molecule has 1 aromatic heterocycles. The van der Waals surface area contributed by atoms with Gasteiger partial charge in [0, 0.05) is 30.5 Å². The van der Waals surface area contributed by atoms with E-state index < -0.39 is 0 Å². The fourth-order valence-electron chi connectivity index (χ4n) is 3.03. The van der Waals surface area contributed by atoms with E-state index in [0.717, 1.165) is 6.54 Å². The van der Waals surface area contributed by atoms with Gasteiger partial charge in [-0.25, -0.2) is 0 Å². The molecule has 6 heteroatoms. The van der Waals surface area contributed by atoms with Gasteiger partial charge in [0.2, 0.25) is 5.91 Å². The average molecular weight is 347 g/mol. The minimum Gasteiger partial charge on any atom is -0.383 e. The summed E-state index contributed by atoms with van der Waals surface area (Å²) in [5, 5.41) is 8.35. The second-order valence-corrected chi connectivity index (χ2v) is 6.71. The van der Waals surface area contributed by atoms with E-state index in [0.29, 0.717) is 19.7 Å². The Bertz CT molecular complexity index is 420. The summed E-state index contributed by atoms with van der Waals surface area (Å²) in [4.78, 5) is 13.4. The van der Waals surface area contributed by atoms with Gasteiger partial charge >= 0.3 is 0 Å². The number of hydrogen-bond donors (Lipinski definition) is 2. The molecule has 1 heterocycles. The summed E-state index contributed by atoms with van der Waals surface area (Å²) in [6, 6.07) is 4.34. The Labute approximate surface area is 143 Å². The molecule has 0 spiro atoms. The van der Waals surface area contributed by atoms with Crippen LogP contribution in [0.5, 0.6) is 0 Å². The molecule has 4 nitrogen and oxygen atoms in total. The number of methoxy groups -OCH3 is 1. The van der Waals surface area contributed by atoms with E-state index in [1.165, 1.54) is 37.0 Å². The van der Waals surface area contributed by atoms with Crippen LogP contribution >= 0.6 is 23.7 Å². The molecule has 2 N–H and O–H groups in total. The number of rotatable bonds is 8. The zero-order valence-electron chi connectivity index (χ0n) is 13.2. The van der Waals surface area contributed by atoms with Crippen molar-refractivity contribution in [1.29, 1.82) is 0 Å². The standard InChI is InChI=1S/C16H26N2O2S.ClH/c1-20-10-9-17-12-15(19)18-13-16(7-3-2-4-8-16)14-6-5-11-21-14;/h5-6,11,17H,2-4,7-10,12-13H2,1H3,(H,18,19);1H. The zero-order valence-corrected chi connectivity index (χ0v) is 14.9. The van der Waals surface area contributed by atoms with Gasteiger partial charge in [0.25, 0.3) is 0 Å². The minimum atomic E-state index is 0. The van der Waals surface area contributed by atoms with Crippen LogP contribution in [0.25, 0.3) is 0 Å². The molecular formula is C16H27ClN2O2S. The lowest BCUT2D eigenvalue weighted by molar-refractivity contribution is -0.120. The van der Waals surface area contributed by atoms with Crippen LogP contribution in [0.4, 0.5) is 0 Å². The molecule has 0 unspecified atom stereocenters. The first-order chi connectivity index (χ1) is 10.3. The summed E-state index contributed by atoms with van der Waals surface area (Å²) in [5.41, 5.74) is 0.161. The Kier molecular flexibility index (Phi) is 9.02. The molecule has 1 aromatic rings. The second-order valence-electron chi connectivity index (χ2n) is 5.76. The Morgan fingerprint density at radius 1 is 1.36 bits per heavy atom. The van der Waals surface area contributed by atoms with Gasteiger partial charge in [0.15, 0.2) is 0 Å². The third kappa shape index (κ3) is 5.54. The highest BCUT2D eigenvalue weighted by Crippen LogP contribution is 2.40. The van der Waals surface area contributed by atoms with Crippen molar-refractivity contribution in [3.8, 4) is 0 Å². The Morgan fingerprint density at radius 3 is 2.77 bits per heavy atom. The lowest BCUT2D eigenvalue weighted by atomic mass is 9.73. The molecule has 0 atom stereocenters. The number of amides is 1. The summed E-state index contributed by atoms with van der Waals surface area (Å²) in [6.07, 6.45) is 6.22. The minimum absolute atomic E-state index is 0. The van der Waals surface area contributed by atoms with Crippen LogP contribution in [0, 0.1) is 0 Å². The van der Waals surface area contributed by atoms with E-state index >= 15 is 0 Å². The Hall–Kier alpha value is -0.620. The van der Waals surface area contributed by atoms with E-state index in [-0.39, 0.29) is 23.7 Å². The summed E-state index contributed by atoms with van der Waals surface area (Å²) in [5.74, 6) is 0.0765. The summed E-state index contributed by atoms with van der Waals surface area (Å²) >= 11 is 1.82. The predicted molar refractivity (Wildman–Crippen MR) is 94.1 cm³/mol. The Morgan fingerprint density at radius 2 is 2.14 bits per heavy atom. The van der Waals surface area contributed by atoms with Crippen molar-refractivity contribution in [1.82, 2.24) is 10.6 Å². The fraction of sp³-hybridized carbons (Fsp3) is 0.688. The van der Waals surface area contributed by atoms with Crippen molar-refractivity contribution < 1.29 is 9.53 Å². The largest absolute Gasteiger partial charge is 0.383 e. The summed E-state index contributed by atoms with van der Waals surface area (Å²) in [6.45, 7) is 2.47. The van der Waals surface area contributed by atoms with E-state index in [4.69, 9.17) is 4.74 Å². The molecule has 0 aromatic carbocycles. The van der Waals surface area contributed by atoms with Gasteiger partial charge < -0.3 is 15.4 Å². The summed E-state index contributed by atoms with van der Waals surface area (Å²) < 4.78 is 4.95. The molecule has 1 saturated carbocycles. The molecule has 1 aliphatic carbocycles. The van der Waals surface area contributed by atoms with Crippen molar-refractivity contribution in [2.24, 2.45) is 0 Å². The van der Waals surface area contributed by atoms with Gasteiger partial charge in [-0.05, 0) is 24.3 Å². The number of carbonyl (C=O) groups is 1. The molecule has 1 fully saturated rings. The summed E-state index contributed by atoms with van der Waals surface area (Å²) in [7, 11) is 1.66. The highest BCUT2D eigenvalue weighted by Gasteiger charge is 2.34. The molecular weight excluding hydrogens is 320 g/mol. The van der Waals surface area contributed by atoms with E-state index in [2.05, 4.69) is 28.1 Å². The number of thiophene rings is 1. The topological polar surface area (TPSA) is 50.4 Å². The van der Waals surface area contributed by atoms with E-state index in [9.17, 15) is 4.79 Å². The Balaban J connectivity index is 0.00000242. The maximum atomic E-state index is 11.9. The second kappa shape index (κ2) is 10.2. The molecule has 1 aliphatic rings. The molecule has 126 valence electrons. The lowest BCUT2D eigenvalue weighted by Crippen LogP contribution is -2.44. The van der Waals surface area contributed by atoms with Gasteiger partial charge in [0.05, 0.1) is 13.2 Å². The van der Waals surface area contributed by atoms with Crippen LogP contribution in [0.2, 0.25) is 0 Å². The van der Waals surface area contributed by atoms with Crippen LogP contribution in [-0.2, 0) is 14.9 Å². The van der Waals surface area contributed by atoms with Crippen LogP contribution in [0.3, 0.4) is 0 Å². The maximum Gasteiger partial charge on any atom is 0.233 e.